The van der Waals surface area contributed by atoms with Crippen molar-refractivity contribution >= 4 is 23.2 Å². The molecular formula is C15H23Cl2Hf-. The van der Waals surface area contributed by atoms with Crippen LogP contribution in [0.1, 0.15) is 25.7 Å². The molecule has 4 atom stereocenters. The minimum absolute atomic E-state index is 0. The van der Waals surface area contributed by atoms with Crippen molar-refractivity contribution < 1.29 is 25.8 Å². The van der Waals surface area contributed by atoms with Crippen LogP contribution < -0.4 is 0 Å². The van der Waals surface area contributed by atoms with Crippen molar-refractivity contribution in [2.45, 2.75) is 25.7 Å². The topological polar surface area (TPSA) is 0 Å². The molecule has 0 N–H and O–H groups in total. The second-order valence-corrected chi connectivity index (χ2v) is 4.73. The SMILES string of the molecule is C1=CC2[CH-]C3CCCCC3C2C=C1.CCl.CCl.[Hf]. The smallest absolute Gasteiger partial charge is 0.0108 e. The third-order valence-corrected chi connectivity index (χ3v) is 4.06. The van der Waals surface area contributed by atoms with Gasteiger partial charge in [-0.15, -0.1) is 35.2 Å². The van der Waals surface area contributed by atoms with Crippen LogP contribution in [0.3, 0.4) is 0 Å². The Balaban J connectivity index is 0.000000531. The van der Waals surface area contributed by atoms with Gasteiger partial charge in [-0.25, -0.2) is 0 Å². The zero-order valence-electron chi connectivity index (χ0n) is 11.3. The number of rotatable bonds is 0. The van der Waals surface area contributed by atoms with Crippen molar-refractivity contribution in [2.75, 3.05) is 12.8 Å². The summed E-state index contributed by atoms with van der Waals surface area (Å²) in [5.41, 5.74) is 0. The first-order chi connectivity index (χ1) is 8.45. The van der Waals surface area contributed by atoms with Crippen LogP contribution in [0.5, 0.6) is 0 Å². The van der Waals surface area contributed by atoms with E-state index >= 15 is 0 Å². The zero-order valence-corrected chi connectivity index (χ0v) is 16.4. The van der Waals surface area contributed by atoms with E-state index in [1.54, 1.807) is 0 Å². The molecule has 0 aromatic carbocycles. The molecule has 2 fully saturated rings. The van der Waals surface area contributed by atoms with E-state index in [-0.39, 0.29) is 25.8 Å². The van der Waals surface area contributed by atoms with Crippen LogP contribution in [-0.4, -0.2) is 12.8 Å². The predicted molar refractivity (Wildman–Crippen MR) is 78.6 cm³/mol. The van der Waals surface area contributed by atoms with Gasteiger partial charge in [0, 0.05) is 38.6 Å². The van der Waals surface area contributed by atoms with Crippen molar-refractivity contribution in [2.24, 2.45) is 23.7 Å². The Kier molecular flexibility index (Phi) is 11.2. The maximum absolute atomic E-state index is 4.64. The molecule has 0 bridgehead atoms. The molecule has 0 saturated heterocycles. The molecule has 3 heteroatoms. The minimum Gasteiger partial charge on any atom is -0.318 e. The molecular weight excluding hydrogens is 430 g/mol. The first-order valence-corrected chi connectivity index (χ1v) is 7.92. The predicted octanol–water partition coefficient (Wildman–Crippen LogP) is 5.08. The Morgan fingerprint density at radius 2 is 1.56 bits per heavy atom. The summed E-state index contributed by atoms with van der Waals surface area (Å²) >= 11 is 9.28. The van der Waals surface area contributed by atoms with Gasteiger partial charge in [-0.3, -0.25) is 0 Å². The van der Waals surface area contributed by atoms with Gasteiger partial charge in [0.15, 0.2) is 0 Å². The normalized spacial score (nSPS) is 34.9. The molecule has 0 amide bonds. The number of hydrogen-bond donors (Lipinski definition) is 0. The van der Waals surface area contributed by atoms with Gasteiger partial charge < -0.3 is 6.42 Å². The third-order valence-electron chi connectivity index (χ3n) is 4.06. The van der Waals surface area contributed by atoms with E-state index in [2.05, 4.69) is 53.9 Å². The third kappa shape index (κ3) is 4.49. The van der Waals surface area contributed by atoms with Gasteiger partial charge >= 0.3 is 0 Å². The maximum atomic E-state index is 4.64. The molecule has 3 aliphatic rings. The van der Waals surface area contributed by atoms with Crippen LogP contribution in [0.2, 0.25) is 0 Å². The molecule has 102 valence electrons. The monoisotopic (exact) mass is 453 g/mol. The second kappa shape index (κ2) is 10.7. The van der Waals surface area contributed by atoms with E-state index < -0.39 is 0 Å². The fourth-order valence-electron chi connectivity index (χ4n) is 3.45. The molecule has 0 nitrogen and oxygen atoms in total. The quantitative estimate of drug-likeness (QED) is 0.273. The van der Waals surface area contributed by atoms with E-state index in [4.69, 9.17) is 0 Å². The number of fused-ring (bicyclic) bond motifs is 3. The van der Waals surface area contributed by atoms with Crippen molar-refractivity contribution in [3.05, 3.63) is 30.7 Å². The summed E-state index contributed by atoms with van der Waals surface area (Å²) in [6, 6.07) is 0. The van der Waals surface area contributed by atoms with Crippen molar-refractivity contribution in [3.8, 4) is 0 Å². The van der Waals surface area contributed by atoms with E-state index in [0.717, 1.165) is 23.7 Å². The standard InChI is InChI=1S/C13H17.2CH3Cl.Hf/c1-3-7-12-10(5-1)9-11-6-2-4-8-13(11)12;2*1-2;/h1,3,5,7,9-13H,2,4,6,8H2;2*1H3;/q-1;;;. The summed E-state index contributed by atoms with van der Waals surface area (Å²) in [5, 5.41) is 0. The summed E-state index contributed by atoms with van der Waals surface area (Å²) in [6.45, 7) is 0. The first kappa shape index (κ1) is 18.9. The van der Waals surface area contributed by atoms with Crippen LogP contribution in [0.4, 0.5) is 0 Å². The fourth-order valence-corrected chi connectivity index (χ4v) is 3.45. The van der Waals surface area contributed by atoms with Gasteiger partial charge in [0.25, 0.3) is 0 Å². The molecule has 2 saturated carbocycles. The number of alkyl halides is 2. The van der Waals surface area contributed by atoms with Crippen LogP contribution >= 0.6 is 23.2 Å². The van der Waals surface area contributed by atoms with Gasteiger partial charge in [0.1, 0.15) is 0 Å². The summed E-state index contributed by atoms with van der Waals surface area (Å²) in [7, 11) is 0. The van der Waals surface area contributed by atoms with Gasteiger partial charge in [0.2, 0.25) is 0 Å². The van der Waals surface area contributed by atoms with Crippen molar-refractivity contribution in [1.82, 2.24) is 0 Å². The van der Waals surface area contributed by atoms with Crippen LogP contribution in [0.15, 0.2) is 24.3 Å². The average Bonchev–Trinajstić information content (AvgIpc) is 2.82. The molecule has 3 rings (SSSR count). The molecule has 0 aromatic rings. The molecule has 0 radical (unpaired) electrons. The Labute approximate surface area is 141 Å². The molecule has 0 heterocycles. The molecule has 0 aromatic heterocycles. The average molecular weight is 453 g/mol. The Morgan fingerprint density at radius 3 is 2.28 bits per heavy atom. The largest absolute Gasteiger partial charge is 0.318 e. The minimum atomic E-state index is 0. The van der Waals surface area contributed by atoms with Crippen LogP contribution in [0, 0.1) is 30.1 Å². The summed E-state index contributed by atoms with van der Waals surface area (Å²) in [4.78, 5) is 0. The van der Waals surface area contributed by atoms with Crippen LogP contribution in [-0.2, 0) is 25.8 Å². The van der Waals surface area contributed by atoms with E-state index in [9.17, 15) is 0 Å². The van der Waals surface area contributed by atoms with Gasteiger partial charge in [-0.2, -0.15) is 5.92 Å². The molecule has 0 spiro atoms. The first-order valence-electron chi connectivity index (χ1n) is 6.41. The van der Waals surface area contributed by atoms with Gasteiger partial charge in [0.05, 0.1) is 0 Å². The van der Waals surface area contributed by atoms with Crippen LogP contribution in [0.25, 0.3) is 0 Å². The van der Waals surface area contributed by atoms with Crippen molar-refractivity contribution in [3.63, 3.8) is 0 Å². The maximum Gasteiger partial charge on any atom is 0.0108 e. The number of hydrogen-bond acceptors (Lipinski definition) is 0. The van der Waals surface area contributed by atoms with Gasteiger partial charge in [-0.1, -0.05) is 49.8 Å². The molecule has 4 unspecified atom stereocenters. The van der Waals surface area contributed by atoms with E-state index in [1.165, 1.54) is 38.4 Å². The Bertz CT molecular complexity index is 263. The van der Waals surface area contributed by atoms with Crippen molar-refractivity contribution in [1.29, 1.82) is 0 Å². The summed E-state index contributed by atoms with van der Waals surface area (Å²) in [5.74, 6) is 3.56. The van der Waals surface area contributed by atoms with E-state index in [1.807, 2.05) is 0 Å². The summed E-state index contributed by atoms with van der Waals surface area (Å²) in [6.07, 6.45) is 20.7. The number of halogens is 2. The Morgan fingerprint density at radius 1 is 0.944 bits per heavy atom. The summed E-state index contributed by atoms with van der Waals surface area (Å²) < 4.78 is 0. The zero-order chi connectivity index (χ0) is 12.7. The molecule has 0 aliphatic heterocycles. The van der Waals surface area contributed by atoms with Gasteiger partial charge in [-0.05, 0) is 5.92 Å². The molecule has 18 heavy (non-hydrogen) atoms. The van der Waals surface area contributed by atoms with E-state index in [0.29, 0.717) is 0 Å². The Hall–Kier alpha value is 0.930. The second-order valence-electron chi connectivity index (χ2n) is 4.73. The number of allylic oxidation sites excluding steroid dienone is 4. The fraction of sp³-hybridized carbons (Fsp3) is 0.667. The molecule has 3 aliphatic carbocycles.